The summed E-state index contributed by atoms with van der Waals surface area (Å²) in [6.07, 6.45) is 1.56. The Bertz CT molecular complexity index is 1360. The first-order valence-electron chi connectivity index (χ1n) is 9.60. The average molecular weight is 485 g/mol. The molecule has 0 aliphatic rings. The summed E-state index contributed by atoms with van der Waals surface area (Å²) in [6.45, 7) is 1.69. The van der Waals surface area contributed by atoms with E-state index in [1.807, 2.05) is 0 Å². The second kappa shape index (κ2) is 9.57. The number of rotatable bonds is 8. The number of hydrogen-bond donors (Lipinski definition) is 3. The molecule has 16 heteroatoms. The number of nitrogen functional groups attached to an aromatic ring is 1. The molecule has 4 aromatic rings. The number of hydrazone groups is 1. The number of nitrogens with two attached hydrogens (primary N) is 1. The maximum absolute atomic E-state index is 12.9. The Morgan fingerprint density at radius 3 is 2.85 bits per heavy atom. The maximum Gasteiger partial charge on any atom is 0.293 e. The van der Waals surface area contributed by atoms with E-state index in [0.29, 0.717) is 22.1 Å². The van der Waals surface area contributed by atoms with Crippen molar-refractivity contribution in [3.05, 3.63) is 41.5 Å². The monoisotopic (exact) mass is 485 g/mol. The number of nitrogens with zero attached hydrogens (tertiary/aromatic N) is 9. The van der Waals surface area contributed by atoms with Crippen molar-refractivity contribution in [1.82, 2.24) is 45.5 Å². The molecule has 3 heterocycles. The number of amides is 1. The lowest BCUT2D eigenvalue weighted by atomic mass is 10.1. The van der Waals surface area contributed by atoms with Crippen LogP contribution in [0, 0.1) is 0 Å². The van der Waals surface area contributed by atoms with Gasteiger partial charge in [0.2, 0.25) is 11.6 Å². The van der Waals surface area contributed by atoms with Crippen LogP contribution in [0.15, 0.2) is 39.4 Å². The normalized spacial score (nSPS) is 11.6. The smallest absolute Gasteiger partial charge is 0.293 e. The molecule has 0 aliphatic heterocycles. The minimum Gasteiger partial charge on any atom is -0.504 e. The van der Waals surface area contributed by atoms with Gasteiger partial charge in [0.05, 0.1) is 18.5 Å². The van der Waals surface area contributed by atoms with E-state index in [2.05, 4.69) is 46.0 Å². The molecule has 15 nitrogen and oxygen atoms in total. The highest BCUT2D eigenvalue weighted by Gasteiger charge is 2.24. The minimum atomic E-state index is -0.611. The number of phenols is 1. The van der Waals surface area contributed by atoms with Gasteiger partial charge in [0.25, 0.3) is 5.91 Å². The zero-order valence-corrected chi connectivity index (χ0v) is 19.0. The van der Waals surface area contributed by atoms with Crippen molar-refractivity contribution in [3.63, 3.8) is 0 Å². The van der Waals surface area contributed by atoms with Crippen LogP contribution in [0.1, 0.15) is 28.7 Å². The van der Waals surface area contributed by atoms with Crippen molar-refractivity contribution in [1.29, 1.82) is 0 Å². The van der Waals surface area contributed by atoms with E-state index in [1.165, 1.54) is 29.6 Å². The number of benzene rings is 1. The molecule has 0 atom stereocenters. The molecule has 0 saturated carbocycles. The van der Waals surface area contributed by atoms with Crippen molar-refractivity contribution >= 4 is 29.2 Å². The van der Waals surface area contributed by atoms with Crippen molar-refractivity contribution in [3.8, 4) is 17.3 Å². The summed E-state index contributed by atoms with van der Waals surface area (Å²) in [5.41, 5.74) is 9.74. The summed E-state index contributed by atoms with van der Waals surface area (Å²) < 4.78 is 12.8. The fourth-order valence-electron chi connectivity index (χ4n) is 2.81. The third kappa shape index (κ3) is 4.51. The Morgan fingerprint density at radius 1 is 1.35 bits per heavy atom. The van der Waals surface area contributed by atoms with Gasteiger partial charge in [-0.05, 0) is 35.4 Å². The fourth-order valence-corrected chi connectivity index (χ4v) is 3.69. The van der Waals surface area contributed by atoms with E-state index in [0.717, 1.165) is 0 Å². The van der Waals surface area contributed by atoms with Gasteiger partial charge in [-0.3, -0.25) is 4.79 Å². The van der Waals surface area contributed by atoms with E-state index in [1.54, 1.807) is 37.0 Å². The van der Waals surface area contributed by atoms with Gasteiger partial charge in [-0.1, -0.05) is 17.0 Å². The third-order valence-corrected chi connectivity index (χ3v) is 5.65. The van der Waals surface area contributed by atoms with Gasteiger partial charge in [0.1, 0.15) is 6.33 Å². The zero-order chi connectivity index (χ0) is 24.2. The number of thioether (sulfide) groups is 1. The zero-order valence-electron chi connectivity index (χ0n) is 18.2. The molecule has 1 amide bonds. The van der Waals surface area contributed by atoms with Gasteiger partial charge in [0, 0.05) is 18.4 Å². The lowest BCUT2D eigenvalue weighted by Crippen LogP contribution is -2.21. The molecule has 3 aromatic heterocycles. The molecule has 0 bridgehead atoms. The number of hydrogen-bond acceptors (Lipinski definition) is 13. The third-order valence-electron chi connectivity index (χ3n) is 4.60. The second-order valence-electron chi connectivity index (χ2n) is 6.81. The largest absolute Gasteiger partial charge is 0.504 e. The SMILES string of the molecule is COc1cc(/C(C)=N/NC(=O)c2nnn(-c3nonc3N)c2CSc2nncn2C)ccc1O. The number of aromatic nitrogens is 8. The predicted octanol–water partition coefficient (Wildman–Crippen LogP) is 0.521. The number of methoxy groups -OCH3 is 1. The van der Waals surface area contributed by atoms with Gasteiger partial charge in [0.15, 0.2) is 22.3 Å². The summed E-state index contributed by atoms with van der Waals surface area (Å²) >= 11 is 1.30. The number of aryl methyl sites for hydroxylation is 1. The molecular weight excluding hydrogens is 466 g/mol. The number of carbonyl (C=O) groups is 1. The van der Waals surface area contributed by atoms with Crippen LogP contribution in [0.25, 0.3) is 5.82 Å². The molecule has 176 valence electrons. The van der Waals surface area contributed by atoms with Crippen LogP contribution in [0.5, 0.6) is 11.5 Å². The highest BCUT2D eigenvalue weighted by Crippen LogP contribution is 2.27. The molecule has 0 radical (unpaired) electrons. The molecule has 0 aliphatic carbocycles. The van der Waals surface area contributed by atoms with Crippen molar-refractivity contribution in [2.75, 3.05) is 12.8 Å². The van der Waals surface area contributed by atoms with E-state index in [9.17, 15) is 9.90 Å². The first-order chi connectivity index (χ1) is 16.4. The van der Waals surface area contributed by atoms with Crippen molar-refractivity contribution < 1.29 is 19.3 Å². The summed E-state index contributed by atoms with van der Waals surface area (Å²) in [6, 6.07) is 4.71. The number of ether oxygens (including phenoxy) is 1. The molecule has 0 unspecified atom stereocenters. The van der Waals surface area contributed by atoms with Crippen molar-refractivity contribution in [2.24, 2.45) is 12.1 Å². The fraction of sp³-hybridized carbons (Fsp3) is 0.222. The van der Waals surface area contributed by atoms with Gasteiger partial charge in [-0.15, -0.1) is 15.3 Å². The summed E-state index contributed by atoms with van der Waals surface area (Å²) in [5, 5.41) is 37.6. The molecule has 0 saturated heterocycles. The Morgan fingerprint density at radius 2 is 2.18 bits per heavy atom. The Labute approximate surface area is 195 Å². The van der Waals surface area contributed by atoms with Crippen molar-refractivity contribution in [2.45, 2.75) is 17.8 Å². The number of carbonyl (C=O) groups excluding carboxylic acids is 1. The van der Waals surface area contributed by atoms with Crippen LogP contribution in [-0.2, 0) is 12.8 Å². The Hall–Kier alpha value is -4.47. The summed E-state index contributed by atoms with van der Waals surface area (Å²) in [5.74, 6) is -0.0330. The number of nitrogens with one attached hydrogen (secondary N) is 1. The minimum absolute atomic E-state index is 0.00287. The number of anilines is 1. The van der Waals surface area contributed by atoms with Crippen LogP contribution < -0.4 is 15.9 Å². The molecule has 4 rings (SSSR count). The molecule has 0 fully saturated rings. The highest BCUT2D eigenvalue weighted by molar-refractivity contribution is 7.98. The van der Waals surface area contributed by atoms with E-state index < -0.39 is 5.91 Å². The summed E-state index contributed by atoms with van der Waals surface area (Å²) in [7, 11) is 3.23. The van der Waals surface area contributed by atoms with Gasteiger partial charge in [-0.25, -0.2) is 10.1 Å². The molecule has 4 N–H and O–H groups in total. The topological polar surface area (TPSA) is 197 Å². The lowest BCUT2D eigenvalue weighted by Gasteiger charge is -2.07. The Kier molecular flexibility index (Phi) is 6.39. The standard InChI is InChI=1S/C18H19N11O4S/c1-9(10-4-5-12(30)13(6-10)32-3)21-23-17(31)14-11(7-34-18-24-20-8-28(18)2)29(27-22-14)16-15(19)25-33-26-16/h4-6,8,30H,7H2,1-3H3,(H2,19,25)(H,23,31)/b21-9+. The van der Waals surface area contributed by atoms with Crippen LogP contribution >= 0.6 is 11.8 Å². The van der Waals surface area contributed by atoms with E-state index >= 15 is 0 Å². The van der Waals surface area contributed by atoms with E-state index in [4.69, 9.17) is 10.5 Å². The lowest BCUT2D eigenvalue weighted by molar-refractivity contribution is 0.0949. The molecule has 1 aromatic carbocycles. The molecule has 34 heavy (non-hydrogen) atoms. The highest BCUT2D eigenvalue weighted by atomic mass is 32.2. The number of aromatic hydroxyl groups is 1. The number of phenolic OH excluding ortho intramolecular Hbond substituents is 1. The van der Waals surface area contributed by atoms with Crippen LogP contribution in [0.4, 0.5) is 5.82 Å². The Balaban J connectivity index is 1.60. The summed E-state index contributed by atoms with van der Waals surface area (Å²) in [4.78, 5) is 12.9. The molecular formula is C18H19N11O4S. The van der Waals surface area contributed by atoms with Crippen LogP contribution in [0.3, 0.4) is 0 Å². The van der Waals surface area contributed by atoms with Gasteiger partial charge < -0.3 is 20.1 Å². The first-order valence-corrected chi connectivity index (χ1v) is 10.6. The predicted molar refractivity (Wildman–Crippen MR) is 119 cm³/mol. The average Bonchev–Trinajstić information content (AvgIpc) is 3.55. The second-order valence-corrected chi connectivity index (χ2v) is 7.75. The van der Waals surface area contributed by atoms with Crippen LogP contribution in [-0.4, -0.2) is 63.9 Å². The maximum atomic E-state index is 12.9. The van der Waals surface area contributed by atoms with E-state index in [-0.39, 0.29) is 34.6 Å². The first kappa shape index (κ1) is 22.7. The quantitative estimate of drug-likeness (QED) is 0.178. The van der Waals surface area contributed by atoms with Crippen LogP contribution in [0.2, 0.25) is 0 Å². The van der Waals surface area contributed by atoms with Gasteiger partial charge >= 0.3 is 0 Å². The molecule has 0 spiro atoms. The van der Waals surface area contributed by atoms with Gasteiger partial charge in [-0.2, -0.15) is 9.78 Å².